The Morgan fingerprint density at radius 2 is 1.61 bits per heavy atom. The minimum atomic E-state index is -0.640. The van der Waals surface area contributed by atoms with Gasteiger partial charge in [-0.1, -0.05) is 6.58 Å². The fourth-order valence-corrected chi connectivity index (χ4v) is 2.65. The van der Waals surface area contributed by atoms with Crippen molar-refractivity contribution in [2.45, 2.75) is 0 Å². The topological polar surface area (TPSA) is 72.9 Å². The lowest BCUT2D eigenvalue weighted by molar-refractivity contribution is -0.128. The van der Waals surface area contributed by atoms with E-state index in [4.69, 9.17) is 9.47 Å². The van der Waals surface area contributed by atoms with Gasteiger partial charge >= 0.3 is 5.97 Å². The summed E-state index contributed by atoms with van der Waals surface area (Å²) in [6, 6.07) is 6.23. The first-order chi connectivity index (χ1) is 11.0. The SMILES string of the molecule is C=CC(=O)Oc1ccc2c3c(ccc(OC)c13)C(=O)N(C)C2=O. The molecule has 2 aromatic rings. The van der Waals surface area contributed by atoms with Gasteiger partial charge in [-0.15, -0.1) is 0 Å². The zero-order chi connectivity index (χ0) is 16.7. The number of benzene rings is 2. The monoisotopic (exact) mass is 311 g/mol. The summed E-state index contributed by atoms with van der Waals surface area (Å²) in [7, 11) is 2.89. The van der Waals surface area contributed by atoms with Gasteiger partial charge in [0.25, 0.3) is 11.8 Å². The number of rotatable bonds is 3. The summed E-state index contributed by atoms with van der Waals surface area (Å²) in [6.45, 7) is 3.36. The molecule has 0 spiro atoms. The van der Waals surface area contributed by atoms with Crippen molar-refractivity contribution < 1.29 is 23.9 Å². The molecule has 6 nitrogen and oxygen atoms in total. The van der Waals surface area contributed by atoms with Crippen molar-refractivity contribution in [1.29, 1.82) is 0 Å². The summed E-state index contributed by atoms with van der Waals surface area (Å²) in [5, 5.41) is 0.833. The van der Waals surface area contributed by atoms with Crippen molar-refractivity contribution in [2.24, 2.45) is 0 Å². The molecule has 0 aromatic heterocycles. The summed E-state index contributed by atoms with van der Waals surface area (Å²) in [4.78, 5) is 37.3. The third kappa shape index (κ3) is 2.07. The minimum Gasteiger partial charge on any atom is -0.496 e. The van der Waals surface area contributed by atoms with Crippen LogP contribution in [-0.2, 0) is 4.79 Å². The molecular weight excluding hydrogens is 298 g/mol. The number of esters is 1. The molecule has 0 atom stereocenters. The predicted molar refractivity (Wildman–Crippen MR) is 82.8 cm³/mol. The van der Waals surface area contributed by atoms with Crippen LogP contribution < -0.4 is 9.47 Å². The number of nitrogens with zero attached hydrogens (tertiary/aromatic N) is 1. The molecule has 0 N–H and O–H groups in total. The molecule has 0 bridgehead atoms. The van der Waals surface area contributed by atoms with E-state index in [0.717, 1.165) is 11.0 Å². The molecule has 6 heteroatoms. The van der Waals surface area contributed by atoms with Crippen molar-refractivity contribution >= 4 is 28.6 Å². The van der Waals surface area contributed by atoms with Crippen LogP contribution >= 0.6 is 0 Å². The van der Waals surface area contributed by atoms with Gasteiger partial charge in [0.1, 0.15) is 11.5 Å². The number of carbonyl (C=O) groups excluding carboxylic acids is 3. The highest BCUT2D eigenvalue weighted by molar-refractivity contribution is 6.26. The number of ether oxygens (including phenoxy) is 2. The maximum absolute atomic E-state index is 12.3. The lowest BCUT2D eigenvalue weighted by Crippen LogP contribution is -2.36. The Morgan fingerprint density at radius 3 is 2.13 bits per heavy atom. The predicted octanol–water partition coefficient (Wildman–Crippen LogP) is 2.17. The van der Waals surface area contributed by atoms with E-state index >= 15 is 0 Å². The van der Waals surface area contributed by atoms with Crippen LogP contribution in [0.5, 0.6) is 11.5 Å². The summed E-state index contributed by atoms with van der Waals surface area (Å²) >= 11 is 0. The fraction of sp³-hybridized carbons (Fsp3) is 0.118. The quantitative estimate of drug-likeness (QED) is 0.376. The Balaban J connectivity index is 2.40. The summed E-state index contributed by atoms with van der Waals surface area (Å²) in [5.41, 5.74) is 0.712. The molecule has 2 aromatic carbocycles. The molecule has 1 aliphatic heterocycles. The Kier molecular flexibility index (Phi) is 3.37. The van der Waals surface area contributed by atoms with Gasteiger partial charge < -0.3 is 9.47 Å². The zero-order valence-corrected chi connectivity index (χ0v) is 12.6. The molecule has 1 aliphatic rings. The van der Waals surface area contributed by atoms with E-state index in [2.05, 4.69) is 6.58 Å². The van der Waals surface area contributed by atoms with Gasteiger partial charge in [0.05, 0.1) is 12.5 Å². The van der Waals surface area contributed by atoms with Crippen molar-refractivity contribution in [1.82, 2.24) is 4.90 Å². The van der Waals surface area contributed by atoms with E-state index in [1.165, 1.54) is 26.3 Å². The molecule has 0 aliphatic carbocycles. The summed E-state index contributed by atoms with van der Waals surface area (Å²) in [5.74, 6) is -0.858. The Hall–Kier alpha value is -3.15. The van der Waals surface area contributed by atoms with Crippen LogP contribution in [0.4, 0.5) is 0 Å². The van der Waals surface area contributed by atoms with E-state index in [0.29, 0.717) is 27.6 Å². The first-order valence-corrected chi connectivity index (χ1v) is 6.80. The van der Waals surface area contributed by atoms with E-state index in [-0.39, 0.29) is 5.75 Å². The molecule has 0 fully saturated rings. The molecular formula is C17H13NO5. The van der Waals surface area contributed by atoms with Crippen LogP contribution in [0, 0.1) is 0 Å². The Morgan fingerprint density at radius 1 is 1.04 bits per heavy atom. The van der Waals surface area contributed by atoms with Crippen LogP contribution in [0.15, 0.2) is 36.9 Å². The highest BCUT2D eigenvalue weighted by atomic mass is 16.5. The van der Waals surface area contributed by atoms with Crippen molar-refractivity contribution in [3.05, 3.63) is 48.0 Å². The van der Waals surface area contributed by atoms with Crippen LogP contribution in [0.25, 0.3) is 10.8 Å². The molecule has 116 valence electrons. The second kappa shape index (κ2) is 5.24. The molecule has 0 unspecified atom stereocenters. The first kappa shape index (κ1) is 14.8. The molecule has 0 saturated carbocycles. The van der Waals surface area contributed by atoms with Crippen LogP contribution in [0.1, 0.15) is 20.7 Å². The number of hydrogen-bond donors (Lipinski definition) is 0. The zero-order valence-electron chi connectivity index (χ0n) is 12.6. The Labute approximate surface area is 131 Å². The molecule has 2 amide bonds. The normalized spacial score (nSPS) is 13.2. The number of methoxy groups -OCH3 is 1. The second-order valence-electron chi connectivity index (χ2n) is 4.97. The highest BCUT2D eigenvalue weighted by Crippen LogP contribution is 2.40. The number of amides is 2. The molecule has 1 heterocycles. The van der Waals surface area contributed by atoms with Gasteiger partial charge in [0.15, 0.2) is 0 Å². The van der Waals surface area contributed by atoms with Gasteiger partial charge in [-0.25, -0.2) is 4.79 Å². The van der Waals surface area contributed by atoms with Crippen molar-refractivity contribution in [3.63, 3.8) is 0 Å². The van der Waals surface area contributed by atoms with E-state index in [9.17, 15) is 14.4 Å². The molecule has 0 saturated heterocycles. The van der Waals surface area contributed by atoms with Gasteiger partial charge in [-0.3, -0.25) is 14.5 Å². The minimum absolute atomic E-state index is 0.206. The van der Waals surface area contributed by atoms with Gasteiger partial charge in [0.2, 0.25) is 0 Å². The maximum atomic E-state index is 12.3. The largest absolute Gasteiger partial charge is 0.496 e. The standard InChI is InChI=1S/C17H13NO5/c1-4-13(19)23-12-8-6-10-14-9(16(20)18(2)17(10)21)5-7-11(22-3)15(12)14/h4-8H,1H2,2-3H3. The lowest BCUT2D eigenvalue weighted by Gasteiger charge is -2.25. The fourth-order valence-electron chi connectivity index (χ4n) is 2.65. The number of carbonyl (C=O) groups is 3. The van der Waals surface area contributed by atoms with E-state index in [1.807, 2.05) is 0 Å². The average molecular weight is 311 g/mol. The summed E-state index contributed by atoms with van der Waals surface area (Å²) in [6.07, 6.45) is 1.03. The van der Waals surface area contributed by atoms with Crippen LogP contribution in [-0.4, -0.2) is 36.8 Å². The second-order valence-corrected chi connectivity index (χ2v) is 4.97. The third-order valence-corrected chi connectivity index (χ3v) is 3.75. The number of imide groups is 1. The third-order valence-electron chi connectivity index (χ3n) is 3.75. The average Bonchev–Trinajstić information content (AvgIpc) is 2.57. The van der Waals surface area contributed by atoms with Crippen LogP contribution in [0.3, 0.4) is 0 Å². The Bertz CT molecular complexity index is 862. The number of hydrogen-bond acceptors (Lipinski definition) is 5. The highest BCUT2D eigenvalue weighted by Gasteiger charge is 2.32. The van der Waals surface area contributed by atoms with E-state index < -0.39 is 17.8 Å². The lowest BCUT2D eigenvalue weighted by atomic mass is 9.93. The van der Waals surface area contributed by atoms with Crippen molar-refractivity contribution in [3.8, 4) is 11.5 Å². The smallest absolute Gasteiger partial charge is 0.335 e. The van der Waals surface area contributed by atoms with Crippen LogP contribution in [0.2, 0.25) is 0 Å². The van der Waals surface area contributed by atoms with Gasteiger partial charge in [-0.05, 0) is 24.3 Å². The molecule has 23 heavy (non-hydrogen) atoms. The molecule has 0 radical (unpaired) electrons. The first-order valence-electron chi connectivity index (χ1n) is 6.80. The van der Waals surface area contributed by atoms with Gasteiger partial charge in [-0.2, -0.15) is 0 Å². The van der Waals surface area contributed by atoms with E-state index in [1.54, 1.807) is 12.1 Å². The van der Waals surface area contributed by atoms with Crippen molar-refractivity contribution in [2.75, 3.05) is 14.2 Å². The summed E-state index contributed by atoms with van der Waals surface area (Å²) < 4.78 is 10.5. The van der Waals surface area contributed by atoms with Gasteiger partial charge in [0, 0.05) is 29.6 Å². The maximum Gasteiger partial charge on any atom is 0.335 e. The molecule has 3 rings (SSSR count).